The smallest absolute Gasteiger partial charge is 0.243 e. The van der Waals surface area contributed by atoms with Crippen molar-refractivity contribution < 1.29 is 9.59 Å². The van der Waals surface area contributed by atoms with Crippen LogP contribution in [0.4, 0.5) is 0 Å². The number of hydrogen-bond donors (Lipinski definition) is 1. The third-order valence-corrected chi connectivity index (χ3v) is 5.81. The molecule has 33 heavy (non-hydrogen) atoms. The van der Waals surface area contributed by atoms with Gasteiger partial charge >= 0.3 is 0 Å². The highest BCUT2D eigenvalue weighted by Gasteiger charge is 2.30. The molecule has 4 nitrogen and oxygen atoms in total. The van der Waals surface area contributed by atoms with E-state index >= 15 is 0 Å². The largest absolute Gasteiger partial charge is 0.350 e. The van der Waals surface area contributed by atoms with Crippen LogP contribution in [-0.4, -0.2) is 28.3 Å². The van der Waals surface area contributed by atoms with Crippen molar-refractivity contribution in [3.05, 3.63) is 70.8 Å². The zero-order valence-corrected chi connectivity index (χ0v) is 21.8. The maximum Gasteiger partial charge on any atom is 0.243 e. The molecule has 2 rings (SSSR count). The number of carbonyl (C=O) groups excluding carboxylic acids is 2. The molecule has 0 unspecified atom stereocenters. The van der Waals surface area contributed by atoms with Gasteiger partial charge in [0.2, 0.25) is 11.8 Å². The molecule has 0 aliphatic heterocycles. The normalized spacial score (nSPS) is 12.8. The summed E-state index contributed by atoms with van der Waals surface area (Å²) in [5.74, 6) is -0.0913. The molecule has 0 fully saturated rings. The fourth-order valence-electron chi connectivity index (χ4n) is 3.83. The van der Waals surface area contributed by atoms with E-state index in [0.29, 0.717) is 25.8 Å². The van der Waals surface area contributed by atoms with Crippen molar-refractivity contribution >= 4 is 11.8 Å². The zero-order chi connectivity index (χ0) is 24.8. The number of benzene rings is 2. The molecule has 2 amide bonds. The first-order chi connectivity index (χ1) is 15.3. The van der Waals surface area contributed by atoms with Crippen molar-refractivity contribution in [2.45, 2.75) is 98.2 Å². The molecule has 0 aliphatic rings. The van der Waals surface area contributed by atoms with Gasteiger partial charge in [0.1, 0.15) is 6.04 Å². The van der Waals surface area contributed by atoms with Crippen LogP contribution in [0.15, 0.2) is 48.5 Å². The summed E-state index contributed by atoms with van der Waals surface area (Å²) in [6.45, 7) is 16.9. The summed E-state index contributed by atoms with van der Waals surface area (Å²) < 4.78 is 0. The quantitative estimate of drug-likeness (QED) is 0.540. The van der Waals surface area contributed by atoms with E-state index in [1.54, 1.807) is 4.90 Å². The number of nitrogens with one attached hydrogen (secondary N) is 1. The Hall–Kier alpha value is -2.62. The van der Waals surface area contributed by atoms with E-state index in [9.17, 15) is 9.59 Å². The third kappa shape index (κ3) is 8.34. The van der Waals surface area contributed by atoms with E-state index in [-0.39, 0.29) is 22.8 Å². The van der Waals surface area contributed by atoms with Crippen molar-refractivity contribution in [2.75, 3.05) is 0 Å². The van der Waals surface area contributed by atoms with Gasteiger partial charge in [0.25, 0.3) is 0 Å². The first kappa shape index (κ1) is 26.6. The van der Waals surface area contributed by atoms with Crippen LogP contribution in [0.25, 0.3) is 0 Å². The average molecular weight is 451 g/mol. The number of rotatable bonds is 8. The summed E-state index contributed by atoms with van der Waals surface area (Å²) >= 11 is 0. The molecule has 1 N–H and O–H groups in total. The highest BCUT2D eigenvalue weighted by molar-refractivity contribution is 5.88. The van der Waals surface area contributed by atoms with Gasteiger partial charge in [-0.3, -0.25) is 9.59 Å². The Morgan fingerprint density at radius 1 is 0.879 bits per heavy atom. The van der Waals surface area contributed by atoms with Crippen LogP contribution in [0.1, 0.15) is 83.6 Å². The topological polar surface area (TPSA) is 49.4 Å². The molecule has 0 aromatic heterocycles. The Labute approximate surface area is 200 Å². The van der Waals surface area contributed by atoms with Crippen LogP contribution in [0, 0.1) is 6.92 Å². The molecule has 0 spiro atoms. The molecule has 4 heteroatoms. The minimum absolute atomic E-state index is 0.00591. The van der Waals surface area contributed by atoms with Crippen LogP contribution < -0.4 is 5.32 Å². The molecule has 0 radical (unpaired) electrons. The lowest BCUT2D eigenvalue weighted by Crippen LogP contribution is -2.53. The van der Waals surface area contributed by atoms with Crippen molar-refractivity contribution in [3.63, 3.8) is 0 Å². The highest BCUT2D eigenvalue weighted by Crippen LogP contribution is 2.23. The maximum absolute atomic E-state index is 13.4. The Balaban J connectivity index is 2.20. The van der Waals surface area contributed by atoms with Gasteiger partial charge < -0.3 is 10.2 Å². The zero-order valence-electron chi connectivity index (χ0n) is 21.8. The fourth-order valence-corrected chi connectivity index (χ4v) is 3.83. The van der Waals surface area contributed by atoms with E-state index in [1.165, 1.54) is 11.1 Å². The standard InChI is InChI=1S/C29H42N2O2/c1-9-25(27(33)30-29(6,7)8)31(20-23-12-10-21(2)11-13-23)26(32)19-16-22-14-17-24(18-15-22)28(3,4)5/h10-15,17-18,25H,9,16,19-20H2,1-8H3,(H,30,33)/t25-/m1/s1. The van der Waals surface area contributed by atoms with Gasteiger partial charge in [0.15, 0.2) is 0 Å². The SMILES string of the molecule is CC[C@H](C(=O)NC(C)(C)C)N(Cc1ccc(C)cc1)C(=O)CCc1ccc(C(C)(C)C)cc1. The van der Waals surface area contributed by atoms with Crippen LogP contribution >= 0.6 is 0 Å². The number of aryl methyl sites for hydroxylation is 2. The van der Waals surface area contributed by atoms with Gasteiger partial charge in [0, 0.05) is 18.5 Å². The van der Waals surface area contributed by atoms with E-state index in [4.69, 9.17) is 0 Å². The first-order valence-electron chi connectivity index (χ1n) is 12.1. The molecule has 0 bridgehead atoms. The van der Waals surface area contributed by atoms with Crippen LogP contribution in [0.2, 0.25) is 0 Å². The summed E-state index contributed by atoms with van der Waals surface area (Å²) in [6, 6.07) is 16.2. The molecule has 0 saturated carbocycles. The van der Waals surface area contributed by atoms with E-state index < -0.39 is 6.04 Å². The van der Waals surface area contributed by atoms with Crippen LogP contribution in [0.3, 0.4) is 0 Å². The minimum Gasteiger partial charge on any atom is -0.350 e. The summed E-state index contributed by atoms with van der Waals surface area (Å²) in [5.41, 5.74) is 4.38. The van der Waals surface area contributed by atoms with Crippen molar-refractivity contribution in [1.29, 1.82) is 0 Å². The van der Waals surface area contributed by atoms with Gasteiger partial charge in [-0.15, -0.1) is 0 Å². The van der Waals surface area contributed by atoms with Gasteiger partial charge in [0.05, 0.1) is 0 Å². The minimum atomic E-state index is -0.499. The number of hydrogen-bond acceptors (Lipinski definition) is 2. The van der Waals surface area contributed by atoms with Crippen molar-refractivity contribution in [3.8, 4) is 0 Å². The second-order valence-corrected chi connectivity index (χ2v) is 11.1. The van der Waals surface area contributed by atoms with Crippen LogP contribution in [0.5, 0.6) is 0 Å². The lowest BCUT2D eigenvalue weighted by Gasteiger charge is -2.33. The molecule has 180 valence electrons. The molecule has 0 heterocycles. The maximum atomic E-state index is 13.4. The first-order valence-corrected chi connectivity index (χ1v) is 12.1. The van der Waals surface area contributed by atoms with E-state index in [1.807, 2.05) is 58.9 Å². The van der Waals surface area contributed by atoms with Crippen LogP contribution in [-0.2, 0) is 28.0 Å². The lowest BCUT2D eigenvalue weighted by molar-refractivity contribution is -0.142. The van der Waals surface area contributed by atoms with E-state index in [2.05, 4.69) is 50.4 Å². The fraction of sp³-hybridized carbons (Fsp3) is 0.517. The van der Waals surface area contributed by atoms with Gasteiger partial charge in [-0.25, -0.2) is 0 Å². The summed E-state index contributed by atoms with van der Waals surface area (Å²) in [6.07, 6.45) is 1.60. The molecular weight excluding hydrogens is 408 g/mol. The molecule has 2 aromatic rings. The number of nitrogens with zero attached hydrogens (tertiary/aromatic N) is 1. The van der Waals surface area contributed by atoms with Gasteiger partial charge in [-0.05, 0) is 62.6 Å². The second kappa shape index (κ2) is 11.0. The second-order valence-electron chi connectivity index (χ2n) is 11.1. The van der Waals surface area contributed by atoms with Crippen molar-refractivity contribution in [1.82, 2.24) is 10.2 Å². The Bertz CT molecular complexity index is 916. The predicted octanol–water partition coefficient (Wildman–Crippen LogP) is 5.95. The Kier molecular flexibility index (Phi) is 8.88. The lowest BCUT2D eigenvalue weighted by atomic mass is 9.86. The van der Waals surface area contributed by atoms with Gasteiger partial charge in [-0.1, -0.05) is 81.8 Å². The highest BCUT2D eigenvalue weighted by atomic mass is 16.2. The molecule has 1 atom stereocenters. The molecular formula is C29H42N2O2. The predicted molar refractivity (Wildman–Crippen MR) is 137 cm³/mol. The summed E-state index contributed by atoms with van der Waals surface area (Å²) in [4.78, 5) is 28.3. The summed E-state index contributed by atoms with van der Waals surface area (Å²) in [7, 11) is 0. The molecule has 2 aromatic carbocycles. The Morgan fingerprint density at radius 3 is 1.91 bits per heavy atom. The monoisotopic (exact) mass is 450 g/mol. The molecule has 0 saturated heterocycles. The third-order valence-electron chi connectivity index (χ3n) is 5.81. The average Bonchev–Trinajstić information content (AvgIpc) is 2.71. The summed E-state index contributed by atoms with van der Waals surface area (Å²) in [5, 5.41) is 3.06. The Morgan fingerprint density at radius 2 is 1.42 bits per heavy atom. The van der Waals surface area contributed by atoms with Gasteiger partial charge in [-0.2, -0.15) is 0 Å². The van der Waals surface area contributed by atoms with Crippen molar-refractivity contribution in [2.24, 2.45) is 0 Å². The molecule has 0 aliphatic carbocycles. The number of amides is 2. The number of carbonyl (C=O) groups is 2. The van der Waals surface area contributed by atoms with E-state index in [0.717, 1.165) is 11.1 Å².